The lowest BCUT2D eigenvalue weighted by atomic mass is 9.99. The topological polar surface area (TPSA) is 37.3 Å². The molecule has 2 heteroatoms. The van der Waals surface area contributed by atoms with Crippen molar-refractivity contribution in [3.63, 3.8) is 0 Å². The van der Waals surface area contributed by atoms with Crippen LogP contribution in [0.15, 0.2) is 0 Å². The number of hydrogen-bond acceptors (Lipinski definition) is 1. The van der Waals surface area contributed by atoms with Gasteiger partial charge in [-0.15, -0.1) is 0 Å². The summed E-state index contributed by atoms with van der Waals surface area (Å²) in [6, 6.07) is 0. The van der Waals surface area contributed by atoms with Gasteiger partial charge in [-0.3, -0.25) is 4.79 Å². The average Bonchev–Trinajstić information content (AvgIpc) is 1.96. The highest BCUT2D eigenvalue weighted by Gasteiger charge is 2.13. The van der Waals surface area contributed by atoms with Crippen LogP contribution in [0.4, 0.5) is 0 Å². The normalized spacial score (nSPS) is 27.9. The van der Waals surface area contributed by atoms with Crippen LogP contribution in [0.3, 0.4) is 0 Å². The van der Waals surface area contributed by atoms with Gasteiger partial charge in [0, 0.05) is 11.0 Å². The van der Waals surface area contributed by atoms with Crippen LogP contribution >= 0.6 is 0 Å². The van der Waals surface area contributed by atoms with Gasteiger partial charge in [0.1, 0.15) is 0 Å². The molecule has 0 amide bonds. The molecule has 0 spiro atoms. The summed E-state index contributed by atoms with van der Waals surface area (Å²) >= 11 is 0. The minimum absolute atomic E-state index is 0.796. The molecule has 0 aliphatic carbocycles. The number of carboxylic acid groups (broad SMARTS) is 1. The molecule has 0 fully saturated rings. The Morgan fingerprint density at radius 3 is 2.10 bits per heavy atom. The molecule has 0 aromatic carbocycles. The van der Waals surface area contributed by atoms with Crippen LogP contribution in [0.1, 0.15) is 50.3 Å². The Morgan fingerprint density at radius 2 is 1.90 bits per heavy atom. The van der Waals surface area contributed by atoms with E-state index in [1.54, 1.807) is 0 Å². The van der Waals surface area contributed by atoms with E-state index in [2.05, 4.69) is 0 Å². The minimum Gasteiger partial charge on any atom is -0.481 e. The van der Waals surface area contributed by atoms with Crippen LogP contribution in [0, 0.1) is 5.92 Å². The van der Waals surface area contributed by atoms with Crippen molar-refractivity contribution in [1.82, 2.24) is 0 Å². The zero-order chi connectivity index (χ0) is 15.2. The maximum absolute atomic E-state index is 11.1. The third-order valence-corrected chi connectivity index (χ3v) is 0.824. The monoisotopic (exact) mass is 152 g/mol. The molecule has 0 aromatic rings. The number of hydrogen-bond donors (Lipinski definition) is 1. The molecule has 0 aliphatic rings. The van der Waals surface area contributed by atoms with Gasteiger partial charge in [-0.25, -0.2) is 0 Å². The number of carboxylic acids is 1. The second-order valence-corrected chi connectivity index (χ2v) is 1.56. The first-order valence-corrected chi connectivity index (χ1v) is 2.79. The van der Waals surface area contributed by atoms with Crippen molar-refractivity contribution in [3.8, 4) is 0 Å². The molecule has 0 saturated carbocycles. The summed E-state index contributed by atoms with van der Waals surface area (Å²) in [5.41, 5.74) is 0. The summed E-state index contributed by atoms with van der Waals surface area (Å²) in [4.78, 5) is 11.1. The maximum atomic E-state index is 11.1. The van der Waals surface area contributed by atoms with E-state index in [1.165, 1.54) is 0 Å². The Balaban J connectivity index is 5.85. The highest BCUT2D eigenvalue weighted by molar-refractivity contribution is 5.69. The smallest absolute Gasteiger partial charge is 0.306 e. The standard InChI is InChI=1S/C8H16O2/c1-3-5-7(6-4-2)8(9)10/h7H,3-6H2,1-2H3,(H,9,10)/i3D2,4D2,5D2,6D2. The predicted molar refractivity (Wildman–Crippen MR) is 40.9 cm³/mol. The van der Waals surface area contributed by atoms with Gasteiger partial charge in [-0.05, 0) is 12.7 Å². The summed E-state index contributed by atoms with van der Waals surface area (Å²) in [7, 11) is 0. The predicted octanol–water partition coefficient (Wildman–Crippen LogP) is 2.29. The van der Waals surface area contributed by atoms with Gasteiger partial charge in [0.05, 0.1) is 5.92 Å². The van der Waals surface area contributed by atoms with E-state index in [0.717, 1.165) is 13.8 Å². The fraction of sp³-hybridized carbons (Fsp3) is 0.875. The quantitative estimate of drug-likeness (QED) is 0.656. The zero-order valence-corrected chi connectivity index (χ0v) is 5.93. The van der Waals surface area contributed by atoms with Crippen molar-refractivity contribution in [1.29, 1.82) is 0 Å². The maximum Gasteiger partial charge on any atom is 0.306 e. The molecule has 0 saturated heterocycles. The van der Waals surface area contributed by atoms with Crippen LogP contribution in [0.25, 0.3) is 0 Å². The van der Waals surface area contributed by atoms with E-state index < -0.39 is 37.4 Å². The third kappa shape index (κ3) is 3.49. The van der Waals surface area contributed by atoms with Crippen molar-refractivity contribution in [2.24, 2.45) is 5.92 Å². The molecule has 0 heterocycles. The first-order chi connectivity index (χ1) is 7.57. The van der Waals surface area contributed by atoms with Crippen molar-refractivity contribution in [2.75, 3.05) is 0 Å². The van der Waals surface area contributed by atoms with Crippen molar-refractivity contribution in [2.45, 2.75) is 39.3 Å². The Hall–Kier alpha value is -0.530. The molecule has 0 bridgehead atoms. The van der Waals surface area contributed by atoms with E-state index >= 15 is 0 Å². The van der Waals surface area contributed by atoms with E-state index in [4.69, 9.17) is 16.1 Å². The minimum atomic E-state index is -3.06. The van der Waals surface area contributed by atoms with Gasteiger partial charge in [0.25, 0.3) is 0 Å². The Morgan fingerprint density at radius 1 is 1.50 bits per heavy atom. The Labute approximate surface area is 73.5 Å². The second kappa shape index (κ2) is 5.27. The summed E-state index contributed by atoms with van der Waals surface area (Å²) < 4.78 is 59.1. The zero-order valence-electron chi connectivity index (χ0n) is 13.9. The third-order valence-electron chi connectivity index (χ3n) is 0.824. The van der Waals surface area contributed by atoms with E-state index in [9.17, 15) is 4.79 Å². The Bertz CT molecular complexity index is 301. The number of carbonyl (C=O) groups is 1. The molecule has 1 N–H and O–H groups in total. The lowest BCUT2D eigenvalue weighted by molar-refractivity contribution is -0.142. The first kappa shape index (κ1) is 2.50. The van der Waals surface area contributed by atoms with Gasteiger partial charge < -0.3 is 5.11 Å². The molecule has 0 aromatic heterocycles. The summed E-state index contributed by atoms with van der Waals surface area (Å²) in [5.74, 6) is -4.38. The molecule has 2 nitrogen and oxygen atoms in total. The molecular weight excluding hydrogens is 128 g/mol. The van der Waals surface area contributed by atoms with Crippen LogP contribution in [0.2, 0.25) is 0 Å². The van der Waals surface area contributed by atoms with Gasteiger partial charge in [-0.1, -0.05) is 26.6 Å². The van der Waals surface area contributed by atoms with Crippen molar-refractivity contribution < 1.29 is 20.9 Å². The van der Waals surface area contributed by atoms with E-state index in [1.807, 2.05) is 0 Å². The lowest BCUT2D eigenvalue weighted by Crippen LogP contribution is -2.12. The van der Waals surface area contributed by atoms with Gasteiger partial charge in [-0.2, -0.15) is 0 Å². The molecule has 10 heavy (non-hydrogen) atoms. The SMILES string of the molecule is [2H]C([2H])(C)C([2H])([2H])C(C(=O)O)C([2H])([2H])C([2H])([2H])C. The molecule has 0 radical (unpaired) electrons. The number of aliphatic carboxylic acids is 1. The summed E-state index contributed by atoms with van der Waals surface area (Å²) in [6.45, 7) is 1.59. The average molecular weight is 152 g/mol. The van der Waals surface area contributed by atoms with Crippen molar-refractivity contribution in [3.05, 3.63) is 0 Å². The summed E-state index contributed by atoms with van der Waals surface area (Å²) in [6.07, 6.45) is -11.4. The summed E-state index contributed by atoms with van der Waals surface area (Å²) in [5, 5.41) is 8.96. The fourth-order valence-corrected chi connectivity index (χ4v) is 0.448. The fourth-order valence-electron chi connectivity index (χ4n) is 0.448. The molecule has 0 atom stereocenters. The first-order valence-electron chi connectivity index (χ1n) is 6.79. The molecule has 0 rings (SSSR count). The van der Waals surface area contributed by atoms with Gasteiger partial charge >= 0.3 is 5.97 Å². The van der Waals surface area contributed by atoms with E-state index in [-0.39, 0.29) is 0 Å². The largest absolute Gasteiger partial charge is 0.481 e. The van der Waals surface area contributed by atoms with Crippen molar-refractivity contribution >= 4 is 5.97 Å². The van der Waals surface area contributed by atoms with Crippen LogP contribution in [-0.4, -0.2) is 11.1 Å². The van der Waals surface area contributed by atoms with Crippen LogP contribution in [0.5, 0.6) is 0 Å². The van der Waals surface area contributed by atoms with Crippen LogP contribution < -0.4 is 0 Å². The highest BCUT2D eigenvalue weighted by Crippen LogP contribution is 2.12. The molecular formula is C8H16O2. The Kier molecular flexibility index (Phi) is 1.32. The number of rotatable bonds is 5. The lowest BCUT2D eigenvalue weighted by Gasteiger charge is -2.07. The van der Waals surface area contributed by atoms with Gasteiger partial charge in [0.2, 0.25) is 0 Å². The molecule has 0 aliphatic heterocycles. The molecule has 0 unspecified atom stereocenters. The highest BCUT2D eigenvalue weighted by atomic mass is 16.4. The van der Waals surface area contributed by atoms with E-state index in [0.29, 0.717) is 0 Å². The van der Waals surface area contributed by atoms with Gasteiger partial charge in [0.15, 0.2) is 0 Å². The van der Waals surface area contributed by atoms with Crippen LogP contribution in [-0.2, 0) is 4.79 Å². The second-order valence-electron chi connectivity index (χ2n) is 1.56. The molecule has 60 valence electrons.